The quantitative estimate of drug-likeness (QED) is 0.867. The number of nitrogens with two attached hydrogens (primary N) is 1. The van der Waals surface area contributed by atoms with Crippen molar-refractivity contribution in [1.29, 1.82) is 0 Å². The SMILES string of the molecule is COc1ccc(CN2CCCC2C)cc1CN. The van der Waals surface area contributed by atoms with E-state index < -0.39 is 0 Å². The molecule has 1 aromatic rings. The fourth-order valence-corrected chi connectivity index (χ4v) is 2.55. The van der Waals surface area contributed by atoms with Crippen molar-refractivity contribution in [3.63, 3.8) is 0 Å². The highest BCUT2D eigenvalue weighted by atomic mass is 16.5. The van der Waals surface area contributed by atoms with Crippen molar-refractivity contribution < 1.29 is 4.74 Å². The minimum absolute atomic E-state index is 0.534. The van der Waals surface area contributed by atoms with Gasteiger partial charge < -0.3 is 10.5 Å². The number of nitrogens with zero attached hydrogens (tertiary/aromatic N) is 1. The molecule has 0 spiro atoms. The second-order valence-electron chi connectivity index (χ2n) is 4.81. The highest BCUT2D eigenvalue weighted by Gasteiger charge is 2.20. The molecular weight excluding hydrogens is 212 g/mol. The van der Waals surface area contributed by atoms with E-state index in [1.54, 1.807) is 7.11 Å². The van der Waals surface area contributed by atoms with Crippen molar-refractivity contribution in [2.45, 2.75) is 38.9 Å². The van der Waals surface area contributed by atoms with Gasteiger partial charge in [-0.15, -0.1) is 0 Å². The second-order valence-corrected chi connectivity index (χ2v) is 4.81. The van der Waals surface area contributed by atoms with E-state index in [2.05, 4.69) is 24.0 Å². The maximum Gasteiger partial charge on any atom is 0.123 e. The Morgan fingerprint density at radius 1 is 1.47 bits per heavy atom. The lowest BCUT2D eigenvalue weighted by Gasteiger charge is -2.21. The Hall–Kier alpha value is -1.06. The van der Waals surface area contributed by atoms with Crippen molar-refractivity contribution in [1.82, 2.24) is 4.90 Å². The van der Waals surface area contributed by atoms with Crippen molar-refractivity contribution >= 4 is 0 Å². The van der Waals surface area contributed by atoms with Crippen LogP contribution >= 0.6 is 0 Å². The summed E-state index contributed by atoms with van der Waals surface area (Å²) < 4.78 is 5.29. The molecule has 1 unspecified atom stereocenters. The zero-order valence-electron chi connectivity index (χ0n) is 10.8. The summed E-state index contributed by atoms with van der Waals surface area (Å²) in [7, 11) is 1.69. The highest BCUT2D eigenvalue weighted by Crippen LogP contribution is 2.23. The lowest BCUT2D eigenvalue weighted by Crippen LogP contribution is -2.26. The molecule has 1 saturated heterocycles. The minimum atomic E-state index is 0.534. The number of hydrogen-bond acceptors (Lipinski definition) is 3. The standard InChI is InChI=1S/C14H22N2O/c1-11-4-3-7-16(11)10-12-5-6-14(17-2)13(8-12)9-15/h5-6,8,11H,3-4,7,9-10,15H2,1-2H3. The molecule has 1 aromatic carbocycles. The largest absolute Gasteiger partial charge is 0.496 e. The lowest BCUT2D eigenvalue weighted by molar-refractivity contribution is 0.260. The molecule has 0 aromatic heterocycles. The smallest absolute Gasteiger partial charge is 0.123 e. The molecule has 0 saturated carbocycles. The van der Waals surface area contributed by atoms with Gasteiger partial charge in [-0.2, -0.15) is 0 Å². The highest BCUT2D eigenvalue weighted by molar-refractivity contribution is 5.37. The van der Waals surface area contributed by atoms with Gasteiger partial charge in [-0.25, -0.2) is 0 Å². The molecule has 3 heteroatoms. The molecule has 2 rings (SSSR count). The van der Waals surface area contributed by atoms with Crippen molar-refractivity contribution in [2.24, 2.45) is 5.73 Å². The number of methoxy groups -OCH3 is 1. The van der Waals surface area contributed by atoms with Gasteiger partial charge in [-0.3, -0.25) is 4.90 Å². The minimum Gasteiger partial charge on any atom is -0.496 e. The lowest BCUT2D eigenvalue weighted by atomic mass is 10.1. The summed E-state index contributed by atoms with van der Waals surface area (Å²) in [6, 6.07) is 7.05. The van der Waals surface area contributed by atoms with Crippen molar-refractivity contribution in [3.05, 3.63) is 29.3 Å². The molecule has 1 heterocycles. The van der Waals surface area contributed by atoms with Crippen LogP contribution in [0.5, 0.6) is 5.75 Å². The molecule has 0 radical (unpaired) electrons. The van der Waals surface area contributed by atoms with Crippen LogP contribution in [0, 0.1) is 0 Å². The topological polar surface area (TPSA) is 38.5 Å². The first-order valence-corrected chi connectivity index (χ1v) is 6.34. The van der Waals surface area contributed by atoms with Crippen LogP contribution in [0.3, 0.4) is 0 Å². The summed E-state index contributed by atoms with van der Waals surface area (Å²) in [6.45, 7) is 5.08. The first kappa shape index (κ1) is 12.4. The Bertz CT molecular complexity index is 378. The molecule has 1 aliphatic heterocycles. The second kappa shape index (κ2) is 5.52. The van der Waals surface area contributed by atoms with Crippen LogP contribution < -0.4 is 10.5 Å². The fourth-order valence-electron chi connectivity index (χ4n) is 2.55. The predicted octanol–water partition coefficient (Wildman–Crippen LogP) is 2.14. The van der Waals surface area contributed by atoms with Crippen LogP contribution in [0.4, 0.5) is 0 Å². The van der Waals surface area contributed by atoms with Crippen molar-refractivity contribution in [2.75, 3.05) is 13.7 Å². The van der Waals surface area contributed by atoms with Gasteiger partial charge in [0.1, 0.15) is 5.75 Å². The molecule has 2 N–H and O–H groups in total. The van der Waals surface area contributed by atoms with Crippen LogP contribution in [0.2, 0.25) is 0 Å². The van der Waals surface area contributed by atoms with Gasteiger partial charge in [-0.1, -0.05) is 6.07 Å². The van der Waals surface area contributed by atoms with Crippen LogP contribution in [-0.4, -0.2) is 24.6 Å². The molecule has 0 amide bonds. The molecule has 1 atom stereocenters. The van der Waals surface area contributed by atoms with Gasteiger partial charge in [0.25, 0.3) is 0 Å². The van der Waals surface area contributed by atoms with E-state index in [-0.39, 0.29) is 0 Å². The molecule has 0 bridgehead atoms. The number of rotatable bonds is 4. The molecular formula is C14H22N2O. The molecule has 17 heavy (non-hydrogen) atoms. The zero-order valence-corrected chi connectivity index (χ0v) is 10.8. The number of hydrogen-bond donors (Lipinski definition) is 1. The first-order chi connectivity index (χ1) is 8.24. The van der Waals surface area contributed by atoms with Crippen LogP contribution in [0.1, 0.15) is 30.9 Å². The average Bonchev–Trinajstić information content (AvgIpc) is 2.75. The van der Waals surface area contributed by atoms with Gasteiger partial charge in [0.15, 0.2) is 0 Å². The van der Waals surface area contributed by atoms with Gasteiger partial charge in [0.2, 0.25) is 0 Å². The third-order valence-corrected chi connectivity index (χ3v) is 3.64. The summed E-state index contributed by atoms with van der Waals surface area (Å²) in [6.07, 6.45) is 2.64. The van der Waals surface area contributed by atoms with Crippen LogP contribution in [-0.2, 0) is 13.1 Å². The monoisotopic (exact) mass is 234 g/mol. The van der Waals surface area contributed by atoms with E-state index in [1.807, 2.05) is 6.07 Å². The normalized spacial score (nSPS) is 20.8. The maximum atomic E-state index is 5.74. The molecule has 1 fully saturated rings. The van der Waals surface area contributed by atoms with Gasteiger partial charge in [0.05, 0.1) is 7.11 Å². The van der Waals surface area contributed by atoms with Gasteiger partial charge in [0, 0.05) is 24.7 Å². The van der Waals surface area contributed by atoms with E-state index in [0.29, 0.717) is 12.6 Å². The van der Waals surface area contributed by atoms with E-state index in [1.165, 1.54) is 24.9 Å². The van der Waals surface area contributed by atoms with Gasteiger partial charge >= 0.3 is 0 Å². The van der Waals surface area contributed by atoms with Crippen LogP contribution in [0.25, 0.3) is 0 Å². The summed E-state index contributed by atoms with van der Waals surface area (Å²) in [5.41, 5.74) is 8.16. The summed E-state index contributed by atoms with van der Waals surface area (Å²) in [5.74, 6) is 0.894. The molecule has 1 aliphatic rings. The average molecular weight is 234 g/mol. The van der Waals surface area contributed by atoms with Crippen molar-refractivity contribution in [3.8, 4) is 5.75 Å². The first-order valence-electron chi connectivity index (χ1n) is 6.34. The Balaban J connectivity index is 2.10. The third kappa shape index (κ3) is 2.79. The summed E-state index contributed by atoms with van der Waals surface area (Å²) in [4.78, 5) is 2.53. The van der Waals surface area contributed by atoms with E-state index in [9.17, 15) is 0 Å². The van der Waals surface area contributed by atoms with E-state index in [0.717, 1.165) is 17.9 Å². The number of ether oxygens (including phenoxy) is 1. The Morgan fingerprint density at radius 3 is 2.88 bits per heavy atom. The third-order valence-electron chi connectivity index (χ3n) is 3.64. The van der Waals surface area contributed by atoms with E-state index >= 15 is 0 Å². The fraction of sp³-hybridized carbons (Fsp3) is 0.571. The van der Waals surface area contributed by atoms with E-state index in [4.69, 9.17) is 10.5 Å². The summed E-state index contributed by atoms with van der Waals surface area (Å²) in [5, 5.41) is 0. The Labute approximate surface area is 104 Å². The predicted molar refractivity (Wildman–Crippen MR) is 70.0 cm³/mol. The molecule has 3 nitrogen and oxygen atoms in total. The maximum absolute atomic E-state index is 5.74. The van der Waals surface area contributed by atoms with Gasteiger partial charge in [-0.05, 0) is 44.0 Å². The number of likely N-dealkylation sites (tertiary alicyclic amines) is 1. The Morgan fingerprint density at radius 2 is 2.29 bits per heavy atom. The number of benzene rings is 1. The molecule has 0 aliphatic carbocycles. The zero-order chi connectivity index (χ0) is 12.3. The summed E-state index contributed by atoms with van der Waals surface area (Å²) >= 11 is 0. The Kier molecular flexibility index (Phi) is 4.02. The van der Waals surface area contributed by atoms with Crippen LogP contribution in [0.15, 0.2) is 18.2 Å². The molecule has 94 valence electrons.